The zero-order chi connectivity index (χ0) is 23.0. The van der Waals surface area contributed by atoms with E-state index in [2.05, 4.69) is 29.8 Å². The molecule has 0 rings (SSSR count). The fraction of sp³-hybridized carbons (Fsp3) is 0.875. The molecule has 0 aliphatic rings. The van der Waals surface area contributed by atoms with Crippen molar-refractivity contribution < 1.29 is 14.4 Å². The summed E-state index contributed by atoms with van der Waals surface area (Å²) in [5.74, 6) is -1.57. The van der Waals surface area contributed by atoms with Gasteiger partial charge in [0.1, 0.15) is 6.04 Å². The summed E-state index contributed by atoms with van der Waals surface area (Å²) in [5.41, 5.74) is -0.407. The number of carbonyl (C=O) groups is 3. The number of rotatable bonds is 16. The minimum absolute atomic E-state index is 0.000471. The van der Waals surface area contributed by atoms with Gasteiger partial charge in [-0.05, 0) is 32.1 Å². The van der Waals surface area contributed by atoms with Gasteiger partial charge in [-0.1, -0.05) is 86.0 Å². The summed E-state index contributed by atoms with van der Waals surface area (Å²) in [6.07, 6.45) is 10.7. The maximum Gasteiger partial charge on any atom is 0.309 e. The fourth-order valence-corrected chi connectivity index (χ4v) is 3.64. The van der Waals surface area contributed by atoms with E-state index in [1.165, 1.54) is 19.3 Å². The van der Waals surface area contributed by atoms with Crippen molar-refractivity contribution in [3.05, 3.63) is 0 Å². The molecule has 6 nitrogen and oxygen atoms in total. The second-order valence-corrected chi connectivity index (χ2v) is 8.70. The highest BCUT2D eigenvalue weighted by molar-refractivity contribution is 6.35. The Morgan fingerprint density at radius 2 is 1.40 bits per heavy atom. The number of unbranched alkanes of at least 4 members (excludes halogenated alkanes) is 5. The van der Waals surface area contributed by atoms with Gasteiger partial charge in [0.2, 0.25) is 5.91 Å². The third kappa shape index (κ3) is 11.0. The molecule has 0 aromatic carbocycles. The summed E-state index contributed by atoms with van der Waals surface area (Å²) in [6, 6.07) is -0.683. The molecule has 0 heterocycles. The lowest BCUT2D eigenvalue weighted by molar-refractivity contribution is -0.142. The number of carbonyl (C=O) groups excluding carboxylic acids is 3. The first-order chi connectivity index (χ1) is 14.3. The Morgan fingerprint density at radius 1 is 0.800 bits per heavy atom. The molecule has 0 fully saturated rings. The van der Waals surface area contributed by atoms with Gasteiger partial charge in [-0.15, -0.1) is 0 Å². The van der Waals surface area contributed by atoms with Crippen LogP contribution in [0.4, 0.5) is 0 Å². The molecule has 6 heteroatoms. The summed E-state index contributed by atoms with van der Waals surface area (Å²) in [6.45, 7) is 12.9. The van der Waals surface area contributed by atoms with Crippen molar-refractivity contribution >= 4 is 17.7 Å². The molecule has 3 N–H and O–H groups in total. The van der Waals surface area contributed by atoms with Gasteiger partial charge in [-0.25, -0.2) is 0 Å². The molecule has 0 saturated carbocycles. The van der Waals surface area contributed by atoms with Crippen molar-refractivity contribution in [3.8, 4) is 0 Å². The SMILES string of the molecule is CCCCCCCNC(=O)C(NC(=O)C(=O)NC(C)(CC)CCCC)C(CC)CC. The largest absolute Gasteiger partial charge is 0.354 e. The van der Waals surface area contributed by atoms with E-state index in [0.29, 0.717) is 6.54 Å². The molecule has 0 aromatic heterocycles. The molecule has 0 spiro atoms. The Labute approximate surface area is 184 Å². The van der Waals surface area contributed by atoms with Crippen molar-refractivity contribution in [2.45, 2.75) is 124 Å². The van der Waals surface area contributed by atoms with E-state index in [-0.39, 0.29) is 11.8 Å². The van der Waals surface area contributed by atoms with Gasteiger partial charge >= 0.3 is 11.8 Å². The van der Waals surface area contributed by atoms with Crippen LogP contribution in [0.5, 0.6) is 0 Å². The average molecular weight is 426 g/mol. The predicted molar refractivity (Wildman–Crippen MR) is 124 cm³/mol. The number of nitrogens with one attached hydrogen (secondary N) is 3. The predicted octanol–water partition coefficient (Wildman–Crippen LogP) is 4.47. The molecular weight excluding hydrogens is 378 g/mol. The van der Waals surface area contributed by atoms with Crippen LogP contribution in [-0.2, 0) is 14.4 Å². The van der Waals surface area contributed by atoms with Gasteiger partial charge < -0.3 is 16.0 Å². The van der Waals surface area contributed by atoms with Gasteiger partial charge in [0.15, 0.2) is 0 Å². The van der Waals surface area contributed by atoms with E-state index in [1.54, 1.807) is 0 Å². The topological polar surface area (TPSA) is 87.3 Å². The van der Waals surface area contributed by atoms with Crippen molar-refractivity contribution in [3.63, 3.8) is 0 Å². The molecule has 2 atom stereocenters. The highest BCUT2D eigenvalue weighted by Crippen LogP contribution is 2.18. The molecule has 0 radical (unpaired) electrons. The quantitative estimate of drug-likeness (QED) is 0.252. The summed E-state index contributed by atoms with van der Waals surface area (Å²) in [7, 11) is 0. The standard InChI is InChI=1S/C24H47N3O3/c1-7-12-14-15-16-18-25-21(28)20(19(9-3)10-4)26-22(29)23(30)27-24(6,11-5)17-13-8-2/h19-20H,7-18H2,1-6H3,(H,25,28)(H,26,29)(H,27,30). The molecular formula is C24H47N3O3. The third-order valence-corrected chi connectivity index (χ3v) is 6.15. The lowest BCUT2D eigenvalue weighted by Gasteiger charge is -2.30. The highest BCUT2D eigenvalue weighted by atomic mass is 16.2. The van der Waals surface area contributed by atoms with Crippen LogP contribution in [0, 0.1) is 5.92 Å². The summed E-state index contributed by atoms with van der Waals surface area (Å²) in [5, 5.41) is 8.56. The molecule has 2 unspecified atom stereocenters. The maximum atomic E-state index is 12.8. The summed E-state index contributed by atoms with van der Waals surface area (Å²) in [4.78, 5) is 37.9. The minimum Gasteiger partial charge on any atom is -0.354 e. The molecule has 0 aliphatic carbocycles. The normalized spacial score (nSPS) is 14.1. The van der Waals surface area contributed by atoms with Crippen LogP contribution in [0.3, 0.4) is 0 Å². The van der Waals surface area contributed by atoms with E-state index in [4.69, 9.17) is 0 Å². The Morgan fingerprint density at radius 3 is 1.93 bits per heavy atom. The van der Waals surface area contributed by atoms with Crippen LogP contribution >= 0.6 is 0 Å². The molecule has 0 aromatic rings. The highest BCUT2D eigenvalue weighted by Gasteiger charge is 2.32. The third-order valence-electron chi connectivity index (χ3n) is 6.15. The molecule has 0 bridgehead atoms. The maximum absolute atomic E-state index is 12.8. The zero-order valence-corrected chi connectivity index (χ0v) is 20.4. The van der Waals surface area contributed by atoms with E-state index < -0.39 is 23.4 Å². The molecule has 0 aliphatic heterocycles. The van der Waals surface area contributed by atoms with E-state index in [9.17, 15) is 14.4 Å². The van der Waals surface area contributed by atoms with Crippen molar-refractivity contribution in [1.82, 2.24) is 16.0 Å². The van der Waals surface area contributed by atoms with Crippen LogP contribution in [0.1, 0.15) is 112 Å². The molecule has 30 heavy (non-hydrogen) atoms. The van der Waals surface area contributed by atoms with Crippen LogP contribution in [-0.4, -0.2) is 35.8 Å². The minimum atomic E-state index is -0.721. The first kappa shape index (κ1) is 28.4. The summed E-state index contributed by atoms with van der Waals surface area (Å²) >= 11 is 0. The number of hydrogen-bond donors (Lipinski definition) is 3. The van der Waals surface area contributed by atoms with Crippen LogP contribution in [0.25, 0.3) is 0 Å². The van der Waals surface area contributed by atoms with Crippen molar-refractivity contribution in [2.24, 2.45) is 5.92 Å². The monoisotopic (exact) mass is 425 g/mol. The van der Waals surface area contributed by atoms with Crippen LogP contribution in [0.15, 0.2) is 0 Å². The molecule has 0 saturated heterocycles. The Kier molecular flexibility index (Phi) is 15.3. The Balaban J connectivity index is 4.91. The van der Waals surface area contributed by atoms with Crippen molar-refractivity contribution in [1.29, 1.82) is 0 Å². The molecule has 3 amide bonds. The first-order valence-electron chi connectivity index (χ1n) is 12.2. The Hall–Kier alpha value is -1.59. The van der Waals surface area contributed by atoms with Gasteiger partial charge in [0.05, 0.1) is 0 Å². The van der Waals surface area contributed by atoms with Crippen LogP contribution < -0.4 is 16.0 Å². The fourth-order valence-electron chi connectivity index (χ4n) is 3.64. The number of amides is 3. The van der Waals surface area contributed by atoms with Gasteiger partial charge in [0, 0.05) is 12.1 Å². The van der Waals surface area contributed by atoms with E-state index in [0.717, 1.165) is 51.4 Å². The number of hydrogen-bond acceptors (Lipinski definition) is 3. The van der Waals surface area contributed by atoms with Crippen LogP contribution in [0.2, 0.25) is 0 Å². The lowest BCUT2D eigenvalue weighted by Crippen LogP contribution is -2.57. The molecule has 176 valence electrons. The van der Waals surface area contributed by atoms with Gasteiger partial charge in [-0.3, -0.25) is 14.4 Å². The van der Waals surface area contributed by atoms with E-state index in [1.807, 2.05) is 27.7 Å². The van der Waals surface area contributed by atoms with Crippen molar-refractivity contribution in [2.75, 3.05) is 6.54 Å². The zero-order valence-electron chi connectivity index (χ0n) is 20.4. The summed E-state index contributed by atoms with van der Waals surface area (Å²) < 4.78 is 0. The average Bonchev–Trinajstić information content (AvgIpc) is 2.74. The second kappa shape index (κ2) is 16.1. The second-order valence-electron chi connectivity index (χ2n) is 8.70. The lowest BCUT2D eigenvalue weighted by atomic mass is 9.91. The first-order valence-corrected chi connectivity index (χ1v) is 12.2. The van der Waals surface area contributed by atoms with E-state index >= 15 is 0 Å². The Bertz CT molecular complexity index is 506. The van der Waals surface area contributed by atoms with Gasteiger partial charge in [-0.2, -0.15) is 0 Å². The van der Waals surface area contributed by atoms with Gasteiger partial charge in [0.25, 0.3) is 0 Å². The smallest absolute Gasteiger partial charge is 0.309 e.